The summed E-state index contributed by atoms with van der Waals surface area (Å²) in [6, 6.07) is 0. The summed E-state index contributed by atoms with van der Waals surface area (Å²) in [4.78, 5) is 5.51. The van der Waals surface area contributed by atoms with Crippen molar-refractivity contribution in [3.05, 3.63) is 16.1 Å². The van der Waals surface area contributed by atoms with E-state index in [0.717, 1.165) is 25.1 Å². The lowest BCUT2D eigenvalue weighted by molar-refractivity contribution is 0.0591. The average Bonchev–Trinajstić information content (AvgIpc) is 2.59. The van der Waals surface area contributed by atoms with Crippen LogP contribution in [0.3, 0.4) is 0 Å². The number of ether oxygens (including phenoxy) is 1. The molecule has 0 spiro atoms. The second-order valence-electron chi connectivity index (χ2n) is 3.25. The molecule has 1 aromatic heterocycles. The zero-order valence-electron chi connectivity index (χ0n) is 8.82. The minimum atomic E-state index is 0.211. The lowest BCUT2D eigenvalue weighted by Gasteiger charge is -2.12. The molecule has 1 atom stereocenters. The molecule has 1 aromatic rings. The highest BCUT2D eigenvalue weighted by molar-refractivity contribution is 7.09. The minimum Gasteiger partial charge on any atom is -0.377 e. The van der Waals surface area contributed by atoms with Gasteiger partial charge < -0.3 is 10.5 Å². The van der Waals surface area contributed by atoms with Gasteiger partial charge in [0.25, 0.3) is 0 Å². The molecule has 1 unspecified atom stereocenters. The van der Waals surface area contributed by atoms with E-state index < -0.39 is 0 Å². The second kappa shape index (κ2) is 6.11. The molecule has 0 amide bonds. The van der Waals surface area contributed by atoms with Crippen molar-refractivity contribution in [3.8, 4) is 0 Å². The van der Waals surface area contributed by atoms with E-state index in [4.69, 9.17) is 10.5 Å². The van der Waals surface area contributed by atoms with E-state index in [1.807, 2.05) is 12.4 Å². The molecule has 1 rings (SSSR count). The topological polar surface area (TPSA) is 48.1 Å². The molecule has 14 heavy (non-hydrogen) atoms. The van der Waals surface area contributed by atoms with Crippen molar-refractivity contribution in [1.29, 1.82) is 0 Å². The summed E-state index contributed by atoms with van der Waals surface area (Å²) in [5, 5.41) is 0. The van der Waals surface area contributed by atoms with Gasteiger partial charge in [-0.2, -0.15) is 0 Å². The molecule has 0 radical (unpaired) electrons. The Morgan fingerprint density at radius 1 is 1.64 bits per heavy atom. The number of nitrogens with zero attached hydrogens (tertiary/aromatic N) is 1. The zero-order valence-corrected chi connectivity index (χ0v) is 9.64. The van der Waals surface area contributed by atoms with Gasteiger partial charge in [-0.05, 0) is 13.3 Å². The highest BCUT2D eigenvalue weighted by Crippen LogP contribution is 2.13. The molecule has 1 heterocycles. The van der Waals surface area contributed by atoms with Gasteiger partial charge in [0, 0.05) is 17.8 Å². The molecule has 0 aliphatic rings. The van der Waals surface area contributed by atoms with Crippen LogP contribution in [0.1, 0.15) is 23.9 Å². The number of aryl methyl sites for hydroxylation is 1. The van der Waals surface area contributed by atoms with Gasteiger partial charge in [-0.15, -0.1) is 11.3 Å². The average molecular weight is 214 g/mol. The Labute approximate surface area is 89.3 Å². The lowest BCUT2D eigenvalue weighted by Crippen LogP contribution is -2.23. The molecule has 0 bridgehead atoms. The lowest BCUT2D eigenvalue weighted by atomic mass is 10.3. The predicted molar refractivity (Wildman–Crippen MR) is 59.6 cm³/mol. The summed E-state index contributed by atoms with van der Waals surface area (Å²) in [5.41, 5.74) is 8.54. The molecule has 4 heteroatoms. The van der Waals surface area contributed by atoms with Gasteiger partial charge in [0.05, 0.1) is 23.9 Å². The first-order valence-corrected chi connectivity index (χ1v) is 5.86. The van der Waals surface area contributed by atoms with Crippen LogP contribution in [0.2, 0.25) is 0 Å². The summed E-state index contributed by atoms with van der Waals surface area (Å²) in [6.07, 6.45) is 2.15. The maximum atomic E-state index is 5.62. The summed E-state index contributed by atoms with van der Waals surface area (Å²) in [6.45, 7) is 5.48. The molecular weight excluding hydrogens is 196 g/mol. The molecular formula is C10H18N2OS. The molecule has 0 aliphatic heterocycles. The van der Waals surface area contributed by atoms with Crippen molar-refractivity contribution < 1.29 is 4.74 Å². The number of rotatable bonds is 6. The fourth-order valence-corrected chi connectivity index (χ4v) is 2.00. The van der Waals surface area contributed by atoms with E-state index in [1.165, 1.54) is 4.88 Å². The molecule has 0 saturated carbocycles. The summed E-state index contributed by atoms with van der Waals surface area (Å²) in [7, 11) is 0. The molecule has 80 valence electrons. The van der Waals surface area contributed by atoms with E-state index in [1.54, 1.807) is 11.3 Å². The smallest absolute Gasteiger partial charge is 0.0797 e. The number of thiazole rings is 1. The Balaban J connectivity index is 2.24. The normalized spacial score (nSPS) is 13.1. The van der Waals surface area contributed by atoms with Crippen molar-refractivity contribution in [1.82, 2.24) is 4.98 Å². The molecule has 3 nitrogen and oxygen atoms in total. The van der Waals surface area contributed by atoms with E-state index >= 15 is 0 Å². The number of hydrogen-bond acceptors (Lipinski definition) is 4. The van der Waals surface area contributed by atoms with Crippen LogP contribution >= 0.6 is 11.3 Å². The quantitative estimate of drug-likeness (QED) is 0.784. The highest BCUT2D eigenvalue weighted by atomic mass is 32.1. The Hall–Kier alpha value is -0.450. The highest BCUT2D eigenvalue weighted by Gasteiger charge is 2.05. The fourth-order valence-electron chi connectivity index (χ4n) is 1.24. The maximum Gasteiger partial charge on any atom is 0.0797 e. The first-order chi connectivity index (χ1) is 6.77. The van der Waals surface area contributed by atoms with Crippen LogP contribution in [0.15, 0.2) is 5.51 Å². The summed E-state index contributed by atoms with van der Waals surface area (Å²) >= 11 is 1.69. The van der Waals surface area contributed by atoms with Gasteiger partial charge in [0.2, 0.25) is 0 Å². The van der Waals surface area contributed by atoms with Crippen LogP contribution in [0.5, 0.6) is 0 Å². The standard InChI is InChI=1S/C10H18N2OS/c1-3-9(6-11)13-5-4-10-8(2)12-7-14-10/h7,9H,3-6,11H2,1-2H3. The number of hydrogen-bond donors (Lipinski definition) is 1. The van der Waals surface area contributed by atoms with Crippen molar-refractivity contribution >= 4 is 11.3 Å². The van der Waals surface area contributed by atoms with E-state index in [0.29, 0.717) is 6.54 Å². The first kappa shape index (κ1) is 11.6. The first-order valence-electron chi connectivity index (χ1n) is 4.98. The minimum absolute atomic E-state index is 0.211. The Bertz CT molecular complexity index is 258. The van der Waals surface area contributed by atoms with Crippen molar-refractivity contribution in [2.75, 3.05) is 13.2 Å². The Morgan fingerprint density at radius 3 is 2.93 bits per heavy atom. The maximum absolute atomic E-state index is 5.62. The Morgan fingerprint density at radius 2 is 2.43 bits per heavy atom. The monoisotopic (exact) mass is 214 g/mol. The third-order valence-electron chi connectivity index (χ3n) is 2.25. The van der Waals surface area contributed by atoms with Crippen LogP contribution in [-0.2, 0) is 11.2 Å². The fraction of sp³-hybridized carbons (Fsp3) is 0.700. The van der Waals surface area contributed by atoms with E-state index in [-0.39, 0.29) is 6.10 Å². The SMILES string of the molecule is CCC(CN)OCCc1scnc1C. The molecule has 0 fully saturated rings. The van der Waals surface area contributed by atoms with Crippen molar-refractivity contribution in [2.45, 2.75) is 32.8 Å². The number of aromatic nitrogens is 1. The van der Waals surface area contributed by atoms with Gasteiger partial charge in [-0.25, -0.2) is 4.98 Å². The van der Waals surface area contributed by atoms with Crippen LogP contribution < -0.4 is 5.73 Å². The van der Waals surface area contributed by atoms with Gasteiger partial charge in [0.15, 0.2) is 0 Å². The van der Waals surface area contributed by atoms with Crippen LogP contribution in [-0.4, -0.2) is 24.2 Å². The van der Waals surface area contributed by atoms with Gasteiger partial charge >= 0.3 is 0 Å². The summed E-state index contributed by atoms with van der Waals surface area (Å²) < 4.78 is 5.62. The largest absolute Gasteiger partial charge is 0.377 e. The van der Waals surface area contributed by atoms with Gasteiger partial charge in [-0.1, -0.05) is 6.92 Å². The summed E-state index contributed by atoms with van der Waals surface area (Å²) in [5.74, 6) is 0. The molecule has 0 saturated heterocycles. The van der Waals surface area contributed by atoms with E-state index in [2.05, 4.69) is 11.9 Å². The van der Waals surface area contributed by atoms with Gasteiger partial charge in [-0.3, -0.25) is 0 Å². The van der Waals surface area contributed by atoms with Crippen molar-refractivity contribution in [3.63, 3.8) is 0 Å². The van der Waals surface area contributed by atoms with Crippen molar-refractivity contribution in [2.24, 2.45) is 5.73 Å². The Kier molecular flexibility index (Phi) is 5.07. The zero-order chi connectivity index (χ0) is 10.4. The second-order valence-corrected chi connectivity index (χ2v) is 4.19. The van der Waals surface area contributed by atoms with Crippen LogP contribution in [0, 0.1) is 6.92 Å². The van der Waals surface area contributed by atoms with Crippen LogP contribution in [0.25, 0.3) is 0 Å². The third-order valence-corrected chi connectivity index (χ3v) is 3.24. The predicted octanol–water partition coefficient (Wildman–Crippen LogP) is 1.75. The molecule has 0 aromatic carbocycles. The number of nitrogens with two attached hydrogens (primary N) is 1. The molecule has 0 aliphatic carbocycles. The van der Waals surface area contributed by atoms with Crippen LogP contribution in [0.4, 0.5) is 0 Å². The molecule has 2 N–H and O–H groups in total. The third kappa shape index (κ3) is 3.36. The van der Waals surface area contributed by atoms with Gasteiger partial charge in [0.1, 0.15) is 0 Å². The van der Waals surface area contributed by atoms with E-state index in [9.17, 15) is 0 Å².